The minimum absolute atomic E-state index is 0.166. The molecule has 0 atom stereocenters. The Hall–Kier alpha value is -2.66. The summed E-state index contributed by atoms with van der Waals surface area (Å²) in [4.78, 5) is 17.8. The zero-order chi connectivity index (χ0) is 18.4. The Labute approximate surface area is 157 Å². The topological polar surface area (TPSA) is 51.2 Å². The minimum atomic E-state index is -0.166. The largest absolute Gasteiger partial charge is 0.494 e. The van der Waals surface area contributed by atoms with Crippen LogP contribution in [0.3, 0.4) is 0 Å². The van der Waals surface area contributed by atoms with Crippen LogP contribution in [0.4, 0.5) is 5.13 Å². The van der Waals surface area contributed by atoms with E-state index in [4.69, 9.17) is 4.74 Å². The van der Waals surface area contributed by atoms with Gasteiger partial charge in [0.25, 0.3) is 5.91 Å². The van der Waals surface area contributed by atoms with Crippen LogP contribution in [0.1, 0.15) is 40.2 Å². The van der Waals surface area contributed by atoms with E-state index in [1.807, 2.05) is 13.1 Å². The second kappa shape index (κ2) is 8.63. The van der Waals surface area contributed by atoms with Crippen molar-refractivity contribution in [3.05, 3.63) is 76.3 Å². The Bertz CT molecular complexity index is 854. The number of anilines is 1. The molecule has 0 aliphatic carbocycles. The van der Waals surface area contributed by atoms with Crippen molar-refractivity contribution >= 4 is 22.4 Å². The highest BCUT2D eigenvalue weighted by atomic mass is 32.1. The molecule has 4 nitrogen and oxygen atoms in total. The highest BCUT2D eigenvalue weighted by molar-refractivity contribution is 7.15. The van der Waals surface area contributed by atoms with Gasteiger partial charge in [0.2, 0.25) is 0 Å². The van der Waals surface area contributed by atoms with Crippen LogP contribution in [0.5, 0.6) is 5.75 Å². The highest BCUT2D eigenvalue weighted by Gasteiger charge is 2.10. The van der Waals surface area contributed by atoms with Crippen molar-refractivity contribution < 1.29 is 9.53 Å². The zero-order valence-electron chi connectivity index (χ0n) is 15.0. The molecule has 1 N–H and O–H groups in total. The number of rotatable bonds is 7. The molecule has 5 heteroatoms. The van der Waals surface area contributed by atoms with Gasteiger partial charge in [0.05, 0.1) is 6.61 Å². The first-order valence-electron chi connectivity index (χ1n) is 8.74. The lowest BCUT2D eigenvalue weighted by Crippen LogP contribution is -2.11. The summed E-state index contributed by atoms with van der Waals surface area (Å²) in [7, 11) is 0. The molecule has 3 rings (SSSR count). The van der Waals surface area contributed by atoms with E-state index in [1.54, 1.807) is 24.3 Å². The van der Waals surface area contributed by atoms with Gasteiger partial charge in [-0.1, -0.05) is 31.2 Å². The van der Waals surface area contributed by atoms with E-state index in [2.05, 4.69) is 41.5 Å². The second-order valence-corrected chi connectivity index (χ2v) is 7.01. The number of amides is 1. The molecule has 0 bridgehead atoms. The van der Waals surface area contributed by atoms with Gasteiger partial charge in [-0.2, -0.15) is 0 Å². The molecule has 26 heavy (non-hydrogen) atoms. The molecule has 1 heterocycles. The van der Waals surface area contributed by atoms with Gasteiger partial charge in [0.15, 0.2) is 5.13 Å². The SMILES string of the molecule is CCOc1ccc(C(=O)Nc2ncc(Cc3ccc(CC)cc3)s2)cc1. The van der Waals surface area contributed by atoms with E-state index in [1.165, 1.54) is 22.5 Å². The number of nitrogens with one attached hydrogen (secondary N) is 1. The summed E-state index contributed by atoms with van der Waals surface area (Å²) in [5.74, 6) is 0.593. The average molecular weight is 366 g/mol. The van der Waals surface area contributed by atoms with Crippen molar-refractivity contribution in [2.45, 2.75) is 26.7 Å². The molecular weight excluding hydrogens is 344 g/mol. The molecule has 0 spiro atoms. The predicted octanol–water partition coefficient (Wildman–Crippen LogP) is 4.95. The molecule has 2 aromatic carbocycles. The highest BCUT2D eigenvalue weighted by Crippen LogP contribution is 2.22. The smallest absolute Gasteiger partial charge is 0.257 e. The standard InChI is InChI=1S/C21H22N2O2S/c1-3-15-5-7-16(8-6-15)13-19-14-22-21(26-19)23-20(24)17-9-11-18(12-10-17)25-4-2/h5-12,14H,3-4,13H2,1-2H3,(H,22,23,24). The van der Waals surface area contributed by atoms with Gasteiger partial charge >= 0.3 is 0 Å². The third-order valence-electron chi connectivity index (χ3n) is 4.01. The maximum Gasteiger partial charge on any atom is 0.257 e. The first-order valence-corrected chi connectivity index (χ1v) is 9.56. The van der Waals surface area contributed by atoms with E-state index in [-0.39, 0.29) is 5.91 Å². The summed E-state index contributed by atoms with van der Waals surface area (Å²) in [5, 5.41) is 3.48. The Kier molecular flexibility index (Phi) is 6.02. The van der Waals surface area contributed by atoms with Gasteiger partial charge in [-0.15, -0.1) is 11.3 Å². The van der Waals surface area contributed by atoms with E-state index in [0.29, 0.717) is 17.3 Å². The van der Waals surface area contributed by atoms with Crippen molar-refractivity contribution in [1.82, 2.24) is 4.98 Å². The molecule has 0 fully saturated rings. The number of carbonyl (C=O) groups is 1. The number of carbonyl (C=O) groups excluding carboxylic acids is 1. The van der Waals surface area contributed by atoms with E-state index >= 15 is 0 Å². The summed E-state index contributed by atoms with van der Waals surface area (Å²) < 4.78 is 5.39. The predicted molar refractivity (Wildman–Crippen MR) is 106 cm³/mol. The fraction of sp³-hybridized carbons (Fsp3) is 0.238. The molecular formula is C21H22N2O2S. The molecule has 0 aliphatic heterocycles. The summed E-state index contributed by atoms with van der Waals surface area (Å²) in [5.41, 5.74) is 3.16. The van der Waals surface area contributed by atoms with E-state index in [0.717, 1.165) is 23.5 Å². The molecule has 0 saturated heterocycles. The second-order valence-electron chi connectivity index (χ2n) is 5.89. The molecule has 3 aromatic rings. The Morgan fingerprint density at radius 3 is 2.38 bits per heavy atom. The maximum absolute atomic E-state index is 12.3. The third kappa shape index (κ3) is 4.70. The first-order chi connectivity index (χ1) is 12.7. The van der Waals surface area contributed by atoms with Crippen LogP contribution in [-0.2, 0) is 12.8 Å². The molecule has 1 aromatic heterocycles. The molecule has 134 valence electrons. The number of aryl methyl sites for hydroxylation is 1. The summed E-state index contributed by atoms with van der Waals surface area (Å²) in [6.45, 7) is 4.69. The first kappa shape index (κ1) is 18.1. The minimum Gasteiger partial charge on any atom is -0.494 e. The van der Waals surface area contributed by atoms with Crippen molar-refractivity contribution in [1.29, 1.82) is 0 Å². The Morgan fingerprint density at radius 2 is 1.73 bits per heavy atom. The lowest BCUT2D eigenvalue weighted by atomic mass is 10.1. The third-order valence-corrected chi connectivity index (χ3v) is 4.92. The maximum atomic E-state index is 12.3. The fourth-order valence-electron chi connectivity index (χ4n) is 2.58. The molecule has 0 radical (unpaired) electrons. The van der Waals surface area contributed by atoms with Gasteiger partial charge in [-0.25, -0.2) is 4.98 Å². The molecule has 0 saturated carbocycles. The van der Waals surface area contributed by atoms with Crippen molar-refractivity contribution in [2.75, 3.05) is 11.9 Å². The van der Waals surface area contributed by atoms with Crippen LogP contribution in [0.15, 0.2) is 54.7 Å². The van der Waals surface area contributed by atoms with Crippen LogP contribution >= 0.6 is 11.3 Å². The zero-order valence-corrected chi connectivity index (χ0v) is 15.8. The number of thiazole rings is 1. The van der Waals surface area contributed by atoms with Gasteiger partial charge in [-0.3, -0.25) is 10.1 Å². The summed E-state index contributed by atoms with van der Waals surface area (Å²) in [6, 6.07) is 15.7. The Morgan fingerprint density at radius 1 is 1.04 bits per heavy atom. The van der Waals surface area contributed by atoms with Crippen LogP contribution in [0.25, 0.3) is 0 Å². The van der Waals surface area contributed by atoms with Crippen molar-refractivity contribution in [3.8, 4) is 5.75 Å². The lowest BCUT2D eigenvalue weighted by molar-refractivity contribution is 0.102. The molecule has 1 amide bonds. The van der Waals surface area contributed by atoms with Crippen LogP contribution in [0, 0.1) is 0 Å². The van der Waals surface area contributed by atoms with Gasteiger partial charge in [0, 0.05) is 23.1 Å². The number of nitrogens with zero attached hydrogens (tertiary/aromatic N) is 1. The molecule has 0 unspecified atom stereocenters. The monoisotopic (exact) mass is 366 g/mol. The normalized spacial score (nSPS) is 10.5. The quantitative estimate of drug-likeness (QED) is 0.644. The summed E-state index contributed by atoms with van der Waals surface area (Å²) >= 11 is 1.50. The Balaban J connectivity index is 1.61. The van der Waals surface area contributed by atoms with Gasteiger partial charge in [-0.05, 0) is 48.7 Å². The lowest BCUT2D eigenvalue weighted by Gasteiger charge is -2.04. The van der Waals surface area contributed by atoms with Gasteiger partial charge < -0.3 is 4.74 Å². The van der Waals surface area contributed by atoms with Crippen LogP contribution < -0.4 is 10.1 Å². The van der Waals surface area contributed by atoms with Crippen molar-refractivity contribution in [3.63, 3.8) is 0 Å². The summed E-state index contributed by atoms with van der Waals surface area (Å²) in [6.07, 6.45) is 3.69. The van der Waals surface area contributed by atoms with Crippen molar-refractivity contribution in [2.24, 2.45) is 0 Å². The fourth-order valence-corrected chi connectivity index (χ4v) is 3.42. The average Bonchev–Trinajstić information content (AvgIpc) is 3.10. The van der Waals surface area contributed by atoms with E-state index < -0.39 is 0 Å². The number of benzene rings is 2. The number of aromatic nitrogens is 1. The van der Waals surface area contributed by atoms with Crippen LogP contribution in [0.2, 0.25) is 0 Å². The van der Waals surface area contributed by atoms with Crippen LogP contribution in [-0.4, -0.2) is 17.5 Å². The van der Waals surface area contributed by atoms with Gasteiger partial charge in [0.1, 0.15) is 5.75 Å². The number of ether oxygens (including phenoxy) is 1. The van der Waals surface area contributed by atoms with E-state index in [9.17, 15) is 4.79 Å². The molecule has 0 aliphatic rings. The number of hydrogen-bond acceptors (Lipinski definition) is 4. The number of hydrogen-bond donors (Lipinski definition) is 1.